The smallest absolute Gasteiger partial charge is 0.136 e. The predicted octanol–water partition coefficient (Wildman–Crippen LogP) is 13.9. The number of hydrogen-bond acceptors (Lipinski definition) is 3. The van der Waals surface area contributed by atoms with Crippen molar-refractivity contribution in [2.45, 2.75) is 0 Å². The number of fused-ring (bicyclic) bond motifs is 9. The molecule has 0 saturated carbocycles. The van der Waals surface area contributed by atoms with Gasteiger partial charge in [0.15, 0.2) is 0 Å². The van der Waals surface area contributed by atoms with E-state index in [1.54, 1.807) is 0 Å². The second kappa shape index (κ2) is 11.2. The summed E-state index contributed by atoms with van der Waals surface area (Å²) in [5.41, 5.74) is 9.89. The third kappa shape index (κ3) is 4.62. The lowest BCUT2D eigenvalue weighted by molar-refractivity contribution is 0.669. The molecule has 0 N–H and O–H groups in total. The van der Waals surface area contributed by atoms with Gasteiger partial charge in [0.2, 0.25) is 0 Å². The van der Waals surface area contributed by atoms with Gasteiger partial charge in [-0.1, -0.05) is 115 Å². The summed E-state index contributed by atoms with van der Waals surface area (Å²) in [7, 11) is 0. The molecule has 10 rings (SSSR count). The van der Waals surface area contributed by atoms with Crippen LogP contribution in [0.3, 0.4) is 0 Å². The second-order valence-electron chi connectivity index (χ2n) is 12.5. The first kappa shape index (κ1) is 27.9. The van der Waals surface area contributed by atoms with Crippen LogP contribution in [0.25, 0.3) is 75.1 Å². The Hall–Kier alpha value is -6.16. The molecule has 2 aromatic heterocycles. The van der Waals surface area contributed by atoms with E-state index in [4.69, 9.17) is 4.42 Å². The fourth-order valence-electron chi connectivity index (χ4n) is 7.31. The summed E-state index contributed by atoms with van der Waals surface area (Å²) in [5, 5.41) is 7.47. The fourth-order valence-corrected chi connectivity index (χ4v) is 8.58. The van der Waals surface area contributed by atoms with Crippen LogP contribution in [0.4, 0.5) is 17.1 Å². The van der Waals surface area contributed by atoms with Gasteiger partial charge in [-0.15, -0.1) is 11.3 Å². The molecule has 2 nitrogen and oxygen atoms in total. The highest BCUT2D eigenvalue weighted by atomic mass is 32.1. The summed E-state index contributed by atoms with van der Waals surface area (Å²) >= 11 is 1.86. The lowest BCUT2D eigenvalue weighted by Crippen LogP contribution is -2.09. The van der Waals surface area contributed by atoms with Crippen molar-refractivity contribution >= 4 is 81.3 Å². The molecule has 0 aliphatic heterocycles. The van der Waals surface area contributed by atoms with Crippen LogP contribution in [-0.4, -0.2) is 0 Å². The van der Waals surface area contributed by atoms with Crippen molar-refractivity contribution in [2.75, 3.05) is 4.90 Å². The van der Waals surface area contributed by atoms with Gasteiger partial charge in [0.25, 0.3) is 0 Å². The molecule has 0 unspecified atom stereocenters. The summed E-state index contributed by atoms with van der Waals surface area (Å²) in [6.07, 6.45) is 0. The molecule has 0 amide bonds. The molecular formula is C46H29NOS. The largest absolute Gasteiger partial charge is 0.456 e. The third-order valence-electron chi connectivity index (χ3n) is 9.67. The number of benzene rings is 8. The van der Waals surface area contributed by atoms with Gasteiger partial charge in [-0.05, 0) is 93.7 Å². The van der Waals surface area contributed by atoms with E-state index in [2.05, 4.69) is 181 Å². The maximum Gasteiger partial charge on any atom is 0.136 e. The van der Waals surface area contributed by atoms with Crippen LogP contribution in [-0.2, 0) is 0 Å². The molecular weight excluding hydrogens is 615 g/mol. The minimum atomic E-state index is 0.896. The van der Waals surface area contributed by atoms with E-state index in [0.717, 1.165) is 33.6 Å². The van der Waals surface area contributed by atoms with E-state index in [1.807, 2.05) is 11.3 Å². The molecule has 0 aliphatic rings. The number of thiophene rings is 1. The summed E-state index contributed by atoms with van der Waals surface area (Å²) in [6.45, 7) is 0. The molecule has 230 valence electrons. The first-order valence-corrected chi connectivity index (χ1v) is 17.4. The molecule has 0 atom stereocenters. The molecule has 0 bridgehead atoms. The first-order valence-electron chi connectivity index (χ1n) is 16.6. The zero-order chi connectivity index (χ0) is 32.3. The van der Waals surface area contributed by atoms with Gasteiger partial charge in [-0.2, -0.15) is 0 Å². The molecule has 0 radical (unpaired) electrons. The van der Waals surface area contributed by atoms with Crippen molar-refractivity contribution in [3.05, 3.63) is 176 Å². The van der Waals surface area contributed by atoms with Crippen LogP contribution >= 0.6 is 11.3 Å². The number of furan rings is 1. The number of anilines is 3. The zero-order valence-electron chi connectivity index (χ0n) is 26.5. The van der Waals surface area contributed by atoms with Crippen molar-refractivity contribution in [1.82, 2.24) is 0 Å². The van der Waals surface area contributed by atoms with E-state index in [-0.39, 0.29) is 0 Å². The summed E-state index contributed by atoms with van der Waals surface area (Å²) in [5.74, 6) is 0. The van der Waals surface area contributed by atoms with E-state index >= 15 is 0 Å². The molecule has 3 heteroatoms. The topological polar surface area (TPSA) is 16.4 Å². The third-order valence-corrected chi connectivity index (χ3v) is 10.9. The van der Waals surface area contributed by atoms with Crippen molar-refractivity contribution < 1.29 is 4.42 Å². The van der Waals surface area contributed by atoms with Crippen molar-refractivity contribution in [2.24, 2.45) is 0 Å². The zero-order valence-corrected chi connectivity index (χ0v) is 27.3. The second-order valence-corrected chi connectivity index (χ2v) is 13.6. The number of rotatable bonds is 5. The van der Waals surface area contributed by atoms with Crippen LogP contribution in [0.15, 0.2) is 180 Å². The predicted molar refractivity (Wildman–Crippen MR) is 210 cm³/mol. The van der Waals surface area contributed by atoms with Crippen LogP contribution < -0.4 is 4.90 Å². The fraction of sp³-hybridized carbons (Fsp3) is 0. The van der Waals surface area contributed by atoms with Crippen LogP contribution in [0.2, 0.25) is 0 Å². The summed E-state index contributed by atoms with van der Waals surface area (Å²) in [4.78, 5) is 2.35. The highest BCUT2D eigenvalue weighted by Crippen LogP contribution is 2.46. The van der Waals surface area contributed by atoms with E-state index in [1.165, 1.54) is 58.6 Å². The van der Waals surface area contributed by atoms with E-state index < -0.39 is 0 Å². The molecule has 0 fully saturated rings. The Morgan fingerprint density at radius 3 is 1.63 bits per heavy atom. The average molecular weight is 644 g/mol. The highest BCUT2D eigenvalue weighted by Gasteiger charge is 2.19. The Balaban J connectivity index is 1.16. The van der Waals surface area contributed by atoms with E-state index in [0.29, 0.717) is 0 Å². The standard InChI is InChI=1S/C46H29NOS/c1-3-9-30(10-4-1)32-15-20-35(21-16-32)47(36-22-17-33(18-23-36)31-11-5-2-6-12-31)37-24-26-41-40(29-37)45-42(48-41)27-25-39-44-38-14-8-7-13-34(38)19-28-43(44)49-46(39)45/h1-29H. The van der Waals surface area contributed by atoms with E-state index in [9.17, 15) is 0 Å². The van der Waals surface area contributed by atoms with Gasteiger partial charge in [0.05, 0.1) is 0 Å². The maximum atomic E-state index is 6.51. The quantitative estimate of drug-likeness (QED) is 0.186. The molecule has 0 saturated heterocycles. The molecule has 0 spiro atoms. The lowest BCUT2D eigenvalue weighted by atomic mass is 10.0. The van der Waals surface area contributed by atoms with Gasteiger partial charge in [-0.25, -0.2) is 0 Å². The lowest BCUT2D eigenvalue weighted by Gasteiger charge is -2.26. The van der Waals surface area contributed by atoms with Gasteiger partial charge >= 0.3 is 0 Å². The van der Waals surface area contributed by atoms with Crippen LogP contribution in [0.5, 0.6) is 0 Å². The number of nitrogens with zero attached hydrogens (tertiary/aromatic N) is 1. The Labute approximate surface area is 287 Å². The summed E-state index contributed by atoms with van der Waals surface area (Å²) < 4.78 is 9.07. The number of hydrogen-bond donors (Lipinski definition) is 0. The normalized spacial score (nSPS) is 11.7. The Morgan fingerprint density at radius 2 is 0.959 bits per heavy atom. The van der Waals surface area contributed by atoms with Gasteiger partial charge < -0.3 is 9.32 Å². The Morgan fingerprint density at radius 1 is 0.388 bits per heavy atom. The maximum absolute atomic E-state index is 6.51. The highest BCUT2D eigenvalue weighted by molar-refractivity contribution is 7.27. The minimum Gasteiger partial charge on any atom is -0.456 e. The molecule has 0 aliphatic carbocycles. The average Bonchev–Trinajstić information content (AvgIpc) is 3.75. The molecule has 8 aromatic carbocycles. The Bertz CT molecular complexity index is 2710. The summed E-state index contributed by atoms with van der Waals surface area (Å²) in [6, 6.07) is 63.0. The molecule has 10 aromatic rings. The Kier molecular flexibility index (Phi) is 6.39. The van der Waals surface area contributed by atoms with Crippen molar-refractivity contribution in [3.63, 3.8) is 0 Å². The van der Waals surface area contributed by atoms with Crippen LogP contribution in [0.1, 0.15) is 0 Å². The molecule has 2 heterocycles. The minimum absolute atomic E-state index is 0.896. The van der Waals surface area contributed by atoms with Crippen molar-refractivity contribution in [1.29, 1.82) is 0 Å². The van der Waals surface area contributed by atoms with Gasteiger partial charge in [-0.3, -0.25) is 0 Å². The van der Waals surface area contributed by atoms with Gasteiger partial charge in [0, 0.05) is 48.0 Å². The van der Waals surface area contributed by atoms with Crippen molar-refractivity contribution in [3.8, 4) is 22.3 Å². The molecule has 49 heavy (non-hydrogen) atoms. The SMILES string of the molecule is c1ccc(-c2ccc(N(c3ccc(-c4ccccc4)cc3)c3ccc4oc5ccc6c(sc7ccc8ccccc8c76)c5c4c3)cc2)cc1. The van der Waals surface area contributed by atoms with Gasteiger partial charge in [0.1, 0.15) is 11.2 Å². The first-order chi connectivity index (χ1) is 24.3. The van der Waals surface area contributed by atoms with Crippen LogP contribution in [0, 0.1) is 0 Å². The monoisotopic (exact) mass is 643 g/mol.